The molecule has 0 aliphatic heterocycles. The van der Waals surface area contributed by atoms with Crippen molar-refractivity contribution in [3.05, 3.63) is 102 Å². The van der Waals surface area contributed by atoms with Gasteiger partial charge in [-0.2, -0.15) is 5.10 Å². The van der Waals surface area contributed by atoms with Crippen LogP contribution in [0.5, 0.6) is 0 Å². The third-order valence-electron chi connectivity index (χ3n) is 4.96. The number of benzene rings is 2. The molecule has 2 aromatic carbocycles. The second-order valence-corrected chi connectivity index (χ2v) is 8.22. The Balaban J connectivity index is 1.40. The van der Waals surface area contributed by atoms with Gasteiger partial charge in [-0.1, -0.05) is 42.5 Å². The lowest BCUT2D eigenvalue weighted by atomic mass is 10.3. The Morgan fingerprint density at radius 2 is 1.69 bits per heavy atom. The van der Waals surface area contributed by atoms with Crippen molar-refractivity contribution in [3.63, 3.8) is 0 Å². The highest BCUT2D eigenvalue weighted by Crippen LogP contribution is 2.26. The van der Waals surface area contributed by atoms with Crippen LogP contribution in [0.2, 0.25) is 0 Å². The van der Waals surface area contributed by atoms with Crippen molar-refractivity contribution in [2.24, 2.45) is 0 Å². The lowest BCUT2D eigenvalue weighted by molar-refractivity contribution is 0.0773. The van der Waals surface area contributed by atoms with Gasteiger partial charge >= 0.3 is 0 Å². The van der Waals surface area contributed by atoms with Crippen molar-refractivity contribution < 1.29 is 4.79 Å². The molecule has 0 unspecified atom stereocenters. The van der Waals surface area contributed by atoms with Crippen LogP contribution < -0.4 is 0 Å². The summed E-state index contributed by atoms with van der Waals surface area (Å²) in [5, 5.41) is 10.9. The molecule has 5 rings (SSSR count). The van der Waals surface area contributed by atoms with Crippen molar-refractivity contribution in [1.29, 1.82) is 0 Å². The number of nitrogens with zero attached hydrogens (tertiary/aromatic N) is 6. The molecule has 5 aromatic rings. The van der Waals surface area contributed by atoms with Gasteiger partial charge in [-0.15, -0.1) is 16.4 Å². The monoisotopic (exact) mass is 440 g/mol. The maximum absolute atomic E-state index is 13.2. The molecule has 0 spiro atoms. The summed E-state index contributed by atoms with van der Waals surface area (Å²) < 4.78 is 3.52. The SMILES string of the molecule is CN(Cc1cnn(-c2ccccc2)c1)C(=O)c1nc(-c2cccs2)n(-c2ccccc2)n1. The van der Waals surface area contributed by atoms with E-state index in [1.54, 1.807) is 38.8 Å². The molecule has 158 valence electrons. The maximum Gasteiger partial charge on any atom is 0.293 e. The smallest absolute Gasteiger partial charge is 0.293 e. The van der Waals surface area contributed by atoms with Gasteiger partial charge in [-0.25, -0.2) is 14.3 Å². The molecule has 0 bridgehead atoms. The van der Waals surface area contributed by atoms with Crippen LogP contribution in [0, 0.1) is 0 Å². The van der Waals surface area contributed by atoms with E-state index in [0.29, 0.717) is 12.4 Å². The first kappa shape index (κ1) is 19.9. The van der Waals surface area contributed by atoms with Gasteiger partial charge in [0.15, 0.2) is 5.82 Å². The molecule has 0 radical (unpaired) electrons. The molecule has 0 aliphatic carbocycles. The average molecular weight is 441 g/mol. The van der Waals surface area contributed by atoms with Gasteiger partial charge in [0.25, 0.3) is 5.91 Å². The first-order valence-corrected chi connectivity index (χ1v) is 11.0. The molecule has 0 aliphatic rings. The molecule has 0 saturated heterocycles. The molecule has 7 nitrogen and oxygen atoms in total. The number of amides is 1. The van der Waals surface area contributed by atoms with Crippen LogP contribution in [-0.2, 0) is 6.54 Å². The quantitative estimate of drug-likeness (QED) is 0.391. The molecule has 0 fully saturated rings. The first-order valence-electron chi connectivity index (χ1n) is 10.1. The topological polar surface area (TPSA) is 68.8 Å². The van der Waals surface area contributed by atoms with E-state index in [-0.39, 0.29) is 11.7 Å². The number of carbonyl (C=O) groups is 1. The van der Waals surface area contributed by atoms with Crippen LogP contribution in [0.3, 0.4) is 0 Å². The molecule has 8 heteroatoms. The van der Waals surface area contributed by atoms with Gasteiger partial charge in [0.1, 0.15) is 0 Å². The molecular formula is C24H20N6OS. The van der Waals surface area contributed by atoms with Crippen LogP contribution in [-0.4, -0.2) is 42.4 Å². The first-order chi connectivity index (χ1) is 15.7. The number of para-hydroxylation sites is 2. The Bertz CT molecular complexity index is 1330. The minimum Gasteiger partial charge on any atom is -0.334 e. The van der Waals surface area contributed by atoms with Crippen LogP contribution in [0.15, 0.2) is 90.6 Å². The summed E-state index contributed by atoms with van der Waals surface area (Å²) >= 11 is 1.56. The van der Waals surface area contributed by atoms with Gasteiger partial charge in [-0.05, 0) is 35.7 Å². The van der Waals surface area contributed by atoms with Gasteiger partial charge in [-0.3, -0.25) is 4.79 Å². The highest BCUT2D eigenvalue weighted by atomic mass is 32.1. The van der Waals surface area contributed by atoms with Gasteiger partial charge in [0.2, 0.25) is 5.82 Å². The van der Waals surface area contributed by atoms with E-state index in [1.165, 1.54) is 0 Å². The van der Waals surface area contributed by atoms with Gasteiger partial charge in [0, 0.05) is 25.4 Å². The zero-order chi connectivity index (χ0) is 21.9. The number of carbonyl (C=O) groups excluding carboxylic acids is 1. The fraction of sp³-hybridized carbons (Fsp3) is 0.0833. The second-order valence-electron chi connectivity index (χ2n) is 7.27. The Kier molecular flexibility index (Phi) is 5.35. The summed E-state index contributed by atoms with van der Waals surface area (Å²) in [7, 11) is 1.75. The fourth-order valence-electron chi connectivity index (χ4n) is 3.40. The van der Waals surface area contributed by atoms with Crippen molar-refractivity contribution in [2.75, 3.05) is 7.05 Å². The van der Waals surface area contributed by atoms with Crippen molar-refractivity contribution in [3.8, 4) is 22.1 Å². The largest absolute Gasteiger partial charge is 0.334 e. The molecular weight excluding hydrogens is 420 g/mol. The van der Waals surface area contributed by atoms with E-state index in [2.05, 4.69) is 15.2 Å². The minimum absolute atomic E-state index is 0.162. The second kappa shape index (κ2) is 8.60. The Morgan fingerprint density at radius 1 is 0.969 bits per heavy atom. The zero-order valence-electron chi connectivity index (χ0n) is 17.4. The third-order valence-corrected chi connectivity index (χ3v) is 5.83. The number of thiophene rings is 1. The summed E-state index contributed by atoms with van der Waals surface area (Å²) in [4.78, 5) is 20.3. The lowest BCUT2D eigenvalue weighted by Gasteiger charge is -2.13. The minimum atomic E-state index is -0.245. The summed E-state index contributed by atoms with van der Waals surface area (Å²) in [5.41, 5.74) is 2.75. The van der Waals surface area contributed by atoms with Crippen LogP contribution in [0.1, 0.15) is 16.2 Å². The van der Waals surface area contributed by atoms with E-state index in [0.717, 1.165) is 21.8 Å². The maximum atomic E-state index is 13.2. The van der Waals surface area contributed by atoms with E-state index >= 15 is 0 Å². The summed E-state index contributed by atoms with van der Waals surface area (Å²) in [6.45, 7) is 0.403. The highest BCUT2D eigenvalue weighted by molar-refractivity contribution is 7.13. The molecule has 32 heavy (non-hydrogen) atoms. The van der Waals surface area contributed by atoms with E-state index in [9.17, 15) is 4.79 Å². The molecule has 0 atom stereocenters. The predicted octanol–water partition coefficient (Wildman–Crippen LogP) is 4.45. The molecule has 0 N–H and O–H groups in total. The van der Waals surface area contributed by atoms with Crippen LogP contribution in [0.4, 0.5) is 0 Å². The Labute approximate surface area is 189 Å². The van der Waals surface area contributed by atoms with Crippen molar-refractivity contribution in [1.82, 2.24) is 29.4 Å². The number of aromatic nitrogens is 5. The van der Waals surface area contributed by atoms with Gasteiger partial charge < -0.3 is 4.90 Å². The Hall–Kier alpha value is -4.04. The predicted molar refractivity (Wildman–Crippen MR) is 124 cm³/mol. The highest BCUT2D eigenvalue weighted by Gasteiger charge is 2.22. The van der Waals surface area contributed by atoms with E-state index in [4.69, 9.17) is 0 Å². The van der Waals surface area contributed by atoms with Gasteiger partial charge in [0.05, 0.1) is 22.4 Å². The normalized spacial score (nSPS) is 10.9. The lowest BCUT2D eigenvalue weighted by Crippen LogP contribution is -2.27. The number of rotatable bonds is 6. The van der Waals surface area contributed by atoms with Crippen molar-refractivity contribution >= 4 is 17.2 Å². The molecule has 3 heterocycles. The fourth-order valence-corrected chi connectivity index (χ4v) is 4.10. The standard InChI is InChI=1S/C24H20N6OS/c1-28(16-18-15-25-29(17-18)19-9-4-2-5-10-19)24(31)22-26-23(21-13-8-14-32-21)30(27-22)20-11-6-3-7-12-20/h2-15,17H,16H2,1H3. The van der Waals surface area contributed by atoms with E-state index in [1.807, 2.05) is 84.4 Å². The number of hydrogen-bond acceptors (Lipinski definition) is 5. The summed E-state index contributed by atoms with van der Waals surface area (Å²) in [5.74, 6) is 0.569. The van der Waals surface area contributed by atoms with Crippen LogP contribution >= 0.6 is 11.3 Å². The summed E-state index contributed by atoms with van der Waals surface area (Å²) in [6, 6.07) is 23.5. The third kappa shape index (κ3) is 3.95. The molecule has 3 aromatic heterocycles. The Morgan fingerprint density at radius 3 is 2.38 bits per heavy atom. The number of hydrogen-bond donors (Lipinski definition) is 0. The van der Waals surface area contributed by atoms with Crippen molar-refractivity contribution in [2.45, 2.75) is 6.54 Å². The molecule has 0 saturated carbocycles. The van der Waals surface area contributed by atoms with E-state index < -0.39 is 0 Å². The zero-order valence-corrected chi connectivity index (χ0v) is 18.2. The van der Waals surface area contributed by atoms with Crippen LogP contribution in [0.25, 0.3) is 22.1 Å². The summed E-state index contributed by atoms with van der Waals surface area (Å²) in [6.07, 6.45) is 3.69. The average Bonchev–Trinajstić information content (AvgIpc) is 3.60. The molecule has 1 amide bonds.